The predicted octanol–water partition coefficient (Wildman–Crippen LogP) is 3.47. The average molecular weight is 286 g/mol. The molecule has 2 heteroatoms. The molecule has 21 heavy (non-hydrogen) atoms. The Bertz CT molecular complexity index is 409. The molecular formula is C19H30N2. The Kier molecular flexibility index (Phi) is 5.32. The summed E-state index contributed by atoms with van der Waals surface area (Å²) in [7, 11) is 0. The summed E-state index contributed by atoms with van der Waals surface area (Å²) in [6.07, 6.45) is 8.16. The maximum absolute atomic E-state index is 3.77. The van der Waals surface area contributed by atoms with E-state index in [1.807, 2.05) is 0 Å². The van der Waals surface area contributed by atoms with E-state index in [2.05, 4.69) is 47.5 Å². The van der Waals surface area contributed by atoms with E-state index in [4.69, 9.17) is 0 Å². The second-order valence-electron chi connectivity index (χ2n) is 7.10. The lowest BCUT2D eigenvalue weighted by atomic mass is 9.86. The van der Waals surface area contributed by atoms with E-state index >= 15 is 0 Å². The van der Waals surface area contributed by atoms with Crippen LogP contribution >= 0.6 is 0 Å². The summed E-state index contributed by atoms with van der Waals surface area (Å²) in [4.78, 5) is 2.79. The fourth-order valence-corrected chi connectivity index (χ4v) is 4.00. The van der Waals surface area contributed by atoms with Crippen molar-refractivity contribution in [1.82, 2.24) is 10.2 Å². The molecule has 1 saturated carbocycles. The molecule has 2 fully saturated rings. The Hall–Kier alpha value is -0.860. The van der Waals surface area contributed by atoms with Crippen LogP contribution in [0.5, 0.6) is 0 Å². The van der Waals surface area contributed by atoms with Gasteiger partial charge >= 0.3 is 0 Å². The Balaban J connectivity index is 1.58. The quantitative estimate of drug-likeness (QED) is 0.915. The van der Waals surface area contributed by atoms with E-state index in [0.29, 0.717) is 6.04 Å². The van der Waals surface area contributed by atoms with Crippen molar-refractivity contribution in [3.05, 3.63) is 35.9 Å². The van der Waals surface area contributed by atoms with Crippen LogP contribution in [-0.4, -0.2) is 36.6 Å². The highest BCUT2D eigenvalue weighted by Gasteiger charge is 2.27. The Morgan fingerprint density at radius 1 is 1.10 bits per heavy atom. The van der Waals surface area contributed by atoms with E-state index < -0.39 is 0 Å². The molecule has 1 aromatic rings. The van der Waals surface area contributed by atoms with Gasteiger partial charge in [-0.05, 0) is 63.1 Å². The highest BCUT2D eigenvalue weighted by molar-refractivity contribution is 5.16. The van der Waals surface area contributed by atoms with Gasteiger partial charge in [-0.15, -0.1) is 0 Å². The molecule has 2 aliphatic rings. The molecule has 0 bridgehead atoms. The number of rotatable bonds is 3. The molecule has 0 spiro atoms. The summed E-state index contributed by atoms with van der Waals surface area (Å²) in [6, 6.07) is 12.4. The van der Waals surface area contributed by atoms with Gasteiger partial charge in [-0.1, -0.05) is 37.3 Å². The molecule has 1 atom stereocenters. The highest BCUT2D eigenvalue weighted by Crippen LogP contribution is 2.27. The average Bonchev–Trinajstić information content (AvgIpc) is 2.75. The molecule has 0 amide bonds. The van der Waals surface area contributed by atoms with E-state index in [0.717, 1.165) is 12.0 Å². The largest absolute Gasteiger partial charge is 0.312 e. The minimum atomic E-state index is 0.620. The molecule has 0 aromatic heterocycles. The van der Waals surface area contributed by atoms with E-state index in [-0.39, 0.29) is 0 Å². The van der Waals surface area contributed by atoms with Crippen molar-refractivity contribution < 1.29 is 0 Å². The monoisotopic (exact) mass is 286 g/mol. The van der Waals surface area contributed by atoms with Gasteiger partial charge in [-0.25, -0.2) is 0 Å². The Morgan fingerprint density at radius 2 is 1.86 bits per heavy atom. The third-order valence-corrected chi connectivity index (χ3v) is 5.34. The molecule has 1 unspecified atom stereocenters. The van der Waals surface area contributed by atoms with Gasteiger partial charge in [0.2, 0.25) is 0 Å². The maximum Gasteiger partial charge on any atom is 0.0235 e. The Morgan fingerprint density at radius 3 is 2.62 bits per heavy atom. The third-order valence-electron chi connectivity index (χ3n) is 5.34. The van der Waals surface area contributed by atoms with E-state index in [9.17, 15) is 0 Å². The van der Waals surface area contributed by atoms with Crippen molar-refractivity contribution in [2.45, 2.75) is 57.5 Å². The van der Waals surface area contributed by atoms with Crippen LogP contribution in [0.3, 0.4) is 0 Å². The van der Waals surface area contributed by atoms with E-state index in [1.165, 1.54) is 63.7 Å². The number of benzene rings is 1. The number of hydrogen-bond donors (Lipinski definition) is 1. The lowest BCUT2D eigenvalue weighted by molar-refractivity contribution is 0.137. The summed E-state index contributed by atoms with van der Waals surface area (Å²) >= 11 is 0. The van der Waals surface area contributed by atoms with Crippen molar-refractivity contribution in [2.75, 3.05) is 19.6 Å². The highest BCUT2D eigenvalue weighted by atomic mass is 15.2. The van der Waals surface area contributed by atoms with Crippen LogP contribution in [0.2, 0.25) is 0 Å². The zero-order valence-corrected chi connectivity index (χ0v) is 13.4. The molecule has 1 aliphatic carbocycles. The van der Waals surface area contributed by atoms with Gasteiger partial charge < -0.3 is 5.32 Å². The van der Waals surface area contributed by atoms with Gasteiger partial charge in [-0.2, -0.15) is 0 Å². The van der Waals surface area contributed by atoms with Gasteiger partial charge in [0.05, 0.1) is 0 Å². The van der Waals surface area contributed by atoms with Crippen LogP contribution in [0.25, 0.3) is 0 Å². The van der Waals surface area contributed by atoms with Crippen molar-refractivity contribution in [3.63, 3.8) is 0 Å². The first-order chi connectivity index (χ1) is 10.3. The molecule has 3 rings (SSSR count). The summed E-state index contributed by atoms with van der Waals surface area (Å²) in [5, 5.41) is 3.77. The first-order valence-corrected chi connectivity index (χ1v) is 8.82. The number of hydrogen-bond acceptors (Lipinski definition) is 2. The van der Waals surface area contributed by atoms with Crippen molar-refractivity contribution in [2.24, 2.45) is 5.92 Å². The lowest BCUT2D eigenvalue weighted by Crippen LogP contribution is -2.44. The summed E-state index contributed by atoms with van der Waals surface area (Å²) in [5.41, 5.74) is 1.47. The zero-order chi connectivity index (χ0) is 14.5. The SMILES string of the molecule is CC1CCC(N2CCCNC(Cc3ccccc3)C2)CC1. The van der Waals surface area contributed by atoms with Crippen molar-refractivity contribution in [1.29, 1.82) is 0 Å². The maximum atomic E-state index is 3.77. The number of nitrogens with one attached hydrogen (secondary N) is 1. The topological polar surface area (TPSA) is 15.3 Å². The van der Waals surface area contributed by atoms with Crippen LogP contribution in [0.1, 0.15) is 44.6 Å². The molecule has 1 aromatic carbocycles. The molecule has 1 heterocycles. The van der Waals surface area contributed by atoms with Gasteiger partial charge in [0, 0.05) is 18.6 Å². The standard InChI is InChI=1S/C19H30N2/c1-16-8-10-19(11-9-16)21-13-5-12-20-18(15-21)14-17-6-3-2-4-7-17/h2-4,6-7,16,18-20H,5,8-15H2,1H3. The molecule has 1 aliphatic heterocycles. The predicted molar refractivity (Wildman–Crippen MR) is 89.5 cm³/mol. The smallest absolute Gasteiger partial charge is 0.0235 e. The number of nitrogens with zero attached hydrogens (tertiary/aromatic N) is 1. The van der Waals surface area contributed by atoms with Gasteiger partial charge in [0.25, 0.3) is 0 Å². The molecular weight excluding hydrogens is 256 g/mol. The molecule has 2 nitrogen and oxygen atoms in total. The Labute approximate surface area is 129 Å². The van der Waals surface area contributed by atoms with Crippen LogP contribution in [0.4, 0.5) is 0 Å². The van der Waals surface area contributed by atoms with Gasteiger partial charge in [-0.3, -0.25) is 4.90 Å². The van der Waals surface area contributed by atoms with Crippen LogP contribution in [0, 0.1) is 5.92 Å². The zero-order valence-electron chi connectivity index (χ0n) is 13.4. The minimum absolute atomic E-state index is 0.620. The molecule has 1 N–H and O–H groups in total. The van der Waals surface area contributed by atoms with Gasteiger partial charge in [0.15, 0.2) is 0 Å². The van der Waals surface area contributed by atoms with Crippen molar-refractivity contribution >= 4 is 0 Å². The summed E-state index contributed by atoms with van der Waals surface area (Å²) in [6.45, 7) is 6.11. The van der Waals surface area contributed by atoms with Gasteiger partial charge in [0.1, 0.15) is 0 Å². The lowest BCUT2D eigenvalue weighted by Gasteiger charge is -2.36. The second kappa shape index (κ2) is 7.42. The third kappa shape index (κ3) is 4.31. The fraction of sp³-hybridized carbons (Fsp3) is 0.684. The fourth-order valence-electron chi connectivity index (χ4n) is 4.00. The van der Waals surface area contributed by atoms with Crippen molar-refractivity contribution in [3.8, 4) is 0 Å². The van der Waals surface area contributed by atoms with E-state index in [1.54, 1.807) is 0 Å². The van der Waals surface area contributed by atoms with Crippen LogP contribution < -0.4 is 5.32 Å². The summed E-state index contributed by atoms with van der Waals surface area (Å²) < 4.78 is 0. The normalized spacial score (nSPS) is 31.8. The summed E-state index contributed by atoms with van der Waals surface area (Å²) in [5.74, 6) is 0.950. The molecule has 116 valence electrons. The first kappa shape index (κ1) is 15.1. The second-order valence-corrected chi connectivity index (χ2v) is 7.10. The molecule has 1 saturated heterocycles. The minimum Gasteiger partial charge on any atom is -0.312 e. The van der Waals surface area contributed by atoms with Crippen LogP contribution in [-0.2, 0) is 6.42 Å². The molecule has 0 radical (unpaired) electrons. The van der Waals surface area contributed by atoms with Crippen LogP contribution in [0.15, 0.2) is 30.3 Å². The first-order valence-electron chi connectivity index (χ1n) is 8.82.